The Labute approximate surface area is 134 Å². The Balaban J connectivity index is 1.82. The average Bonchev–Trinajstić information content (AvgIpc) is 3.10. The van der Waals surface area contributed by atoms with Gasteiger partial charge in [0.15, 0.2) is 0 Å². The van der Waals surface area contributed by atoms with Crippen LogP contribution in [0.4, 0.5) is 5.69 Å². The van der Waals surface area contributed by atoms with Gasteiger partial charge in [0.1, 0.15) is 6.17 Å². The lowest BCUT2D eigenvalue weighted by Crippen LogP contribution is -2.32. The van der Waals surface area contributed by atoms with E-state index in [4.69, 9.17) is 11.6 Å². The zero-order chi connectivity index (χ0) is 15.1. The maximum atomic E-state index is 12.9. The van der Waals surface area contributed by atoms with Gasteiger partial charge in [-0.1, -0.05) is 17.7 Å². The molecular formula is C17H16ClN3O. The molecule has 0 radical (unpaired) electrons. The zero-order valence-electron chi connectivity index (χ0n) is 12.0. The number of benzene rings is 1. The molecule has 112 valence electrons. The van der Waals surface area contributed by atoms with Crippen molar-refractivity contribution < 1.29 is 4.79 Å². The SMILES string of the molecule is O=C1[C@H]2CCCN2[C@@H](c2ccncc2)N1c1cccc(Cl)c1. The van der Waals surface area contributed by atoms with Gasteiger partial charge in [0.05, 0.1) is 6.04 Å². The normalized spacial score (nSPS) is 24.8. The van der Waals surface area contributed by atoms with Crippen molar-refractivity contribution >= 4 is 23.2 Å². The summed E-state index contributed by atoms with van der Waals surface area (Å²) in [7, 11) is 0. The number of carbonyl (C=O) groups excluding carboxylic acids is 1. The molecule has 2 aromatic rings. The van der Waals surface area contributed by atoms with Gasteiger partial charge in [-0.3, -0.25) is 19.6 Å². The fourth-order valence-corrected chi connectivity index (χ4v) is 3.73. The smallest absolute Gasteiger partial charge is 0.246 e. The highest BCUT2D eigenvalue weighted by atomic mass is 35.5. The first-order valence-electron chi connectivity index (χ1n) is 7.50. The van der Waals surface area contributed by atoms with E-state index in [0.29, 0.717) is 5.02 Å². The summed E-state index contributed by atoms with van der Waals surface area (Å²) in [5, 5.41) is 0.644. The summed E-state index contributed by atoms with van der Waals surface area (Å²) >= 11 is 6.12. The van der Waals surface area contributed by atoms with Crippen molar-refractivity contribution in [2.45, 2.75) is 25.0 Å². The number of fused-ring (bicyclic) bond motifs is 1. The third-order valence-corrected chi connectivity index (χ3v) is 4.70. The first kappa shape index (κ1) is 13.7. The van der Waals surface area contributed by atoms with E-state index in [0.717, 1.165) is 30.6 Å². The van der Waals surface area contributed by atoms with Gasteiger partial charge < -0.3 is 0 Å². The third kappa shape index (κ3) is 2.11. The van der Waals surface area contributed by atoms with Crippen molar-refractivity contribution in [1.29, 1.82) is 0 Å². The van der Waals surface area contributed by atoms with Gasteiger partial charge >= 0.3 is 0 Å². The highest BCUT2D eigenvalue weighted by molar-refractivity contribution is 6.31. The maximum Gasteiger partial charge on any atom is 0.246 e. The van der Waals surface area contributed by atoms with Crippen LogP contribution >= 0.6 is 11.6 Å². The Hall–Kier alpha value is -1.91. The highest BCUT2D eigenvalue weighted by Crippen LogP contribution is 2.42. The van der Waals surface area contributed by atoms with Gasteiger partial charge in [-0.15, -0.1) is 0 Å². The van der Waals surface area contributed by atoms with E-state index in [9.17, 15) is 4.79 Å². The number of halogens is 1. The van der Waals surface area contributed by atoms with E-state index in [-0.39, 0.29) is 18.1 Å². The maximum absolute atomic E-state index is 12.9. The molecule has 5 heteroatoms. The molecule has 2 aliphatic heterocycles. The number of hydrogen-bond acceptors (Lipinski definition) is 3. The lowest BCUT2D eigenvalue weighted by atomic mass is 10.1. The van der Waals surface area contributed by atoms with E-state index in [1.54, 1.807) is 12.4 Å². The molecule has 1 aromatic heterocycles. The minimum absolute atomic E-state index is 0.0165. The van der Waals surface area contributed by atoms with Gasteiger partial charge in [-0.2, -0.15) is 0 Å². The molecule has 0 N–H and O–H groups in total. The van der Waals surface area contributed by atoms with Gasteiger partial charge in [-0.05, 0) is 48.7 Å². The fraction of sp³-hybridized carbons (Fsp3) is 0.294. The summed E-state index contributed by atoms with van der Waals surface area (Å²) in [5.74, 6) is 0.168. The number of pyridine rings is 1. The van der Waals surface area contributed by atoms with Crippen LogP contribution in [0.2, 0.25) is 5.02 Å². The molecule has 22 heavy (non-hydrogen) atoms. The summed E-state index contributed by atoms with van der Waals surface area (Å²) in [6.07, 6.45) is 5.49. The summed E-state index contributed by atoms with van der Waals surface area (Å²) < 4.78 is 0. The summed E-state index contributed by atoms with van der Waals surface area (Å²) in [6, 6.07) is 11.5. The Morgan fingerprint density at radius 3 is 2.77 bits per heavy atom. The topological polar surface area (TPSA) is 36.4 Å². The van der Waals surface area contributed by atoms with E-state index in [1.165, 1.54) is 0 Å². The lowest BCUT2D eigenvalue weighted by Gasteiger charge is -2.29. The number of anilines is 1. The number of rotatable bonds is 2. The van der Waals surface area contributed by atoms with Gasteiger partial charge in [0.25, 0.3) is 0 Å². The van der Waals surface area contributed by atoms with E-state index >= 15 is 0 Å². The first-order chi connectivity index (χ1) is 10.8. The number of hydrogen-bond donors (Lipinski definition) is 0. The summed E-state index contributed by atoms with van der Waals surface area (Å²) in [6.45, 7) is 0.945. The number of nitrogens with zero attached hydrogens (tertiary/aromatic N) is 3. The zero-order valence-corrected chi connectivity index (χ0v) is 12.8. The van der Waals surface area contributed by atoms with Crippen LogP contribution in [-0.2, 0) is 4.79 Å². The molecule has 2 atom stereocenters. The molecule has 0 saturated carbocycles. The van der Waals surface area contributed by atoms with Crippen molar-refractivity contribution in [3.05, 3.63) is 59.4 Å². The number of amides is 1. The van der Waals surface area contributed by atoms with Crippen molar-refractivity contribution in [3.8, 4) is 0 Å². The minimum atomic E-state index is -0.0681. The van der Waals surface area contributed by atoms with Crippen LogP contribution in [0.15, 0.2) is 48.8 Å². The van der Waals surface area contributed by atoms with Crippen LogP contribution in [0.3, 0.4) is 0 Å². The van der Waals surface area contributed by atoms with Gasteiger partial charge in [-0.25, -0.2) is 0 Å². The first-order valence-corrected chi connectivity index (χ1v) is 7.88. The van der Waals surface area contributed by atoms with E-state index < -0.39 is 0 Å². The third-order valence-electron chi connectivity index (χ3n) is 4.47. The Morgan fingerprint density at radius 1 is 1.18 bits per heavy atom. The minimum Gasteiger partial charge on any atom is -0.290 e. The van der Waals surface area contributed by atoms with E-state index in [1.807, 2.05) is 41.3 Å². The second kappa shape index (κ2) is 5.38. The largest absolute Gasteiger partial charge is 0.290 e. The predicted octanol–water partition coefficient (Wildman–Crippen LogP) is 3.24. The molecule has 1 aromatic carbocycles. The number of carbonyl (C=O) groups is 1. The van der Waals surface area contributed by atoms with Crippen LogP contribution in [0.25, 0.3) is 0 Å². The monoisotopic (exact) mass is 313 g/mol. The van der Waals surface area contributed by atoms with Gasteiger partial charge in [0.2, 0.25) is 5.91 Å². The predicted molar refractivity (Wildman–Crippen MR) is 85.6 cm³/mol. The fourth-order valence-electron chi connectivity index (χ4n) is 3.55. The molecule has 2 fully saturated rings. The Kier molecular flexibility index (Phi) is 3.36. The van der Waals surface area contributed by atoms with Crippen LogP contribution in [0.1, 0.15) is 24.6 Å². The van der Waals surface area contributed by atoms with Gasteiger partial charge in [0, 0.05) is 29.6 Å². The molecular weight excluding hydrogens is 298 g/mol. The lowest BCUT2D eigenvalue weighted by molar-refractivity contribution is -0.119. The van der Waals surface area contributed by atoms with Crippen molar-refractivity contribution in [3.63, 3.8) is 0 Å². The molecule has 0 unspecified atom stereocenters. The molecule has 1 amide bonds. The van der Waals surface area contributed by atoms with Crippen LogP contribution in [0, 0.1) is 0 Å². The van der Waals surface area contributed by atoms with E-state index in [2.05, 4.69) is 9.88 Å². The molecule has 4 rings (SSSR count). The highest BCUT2D eigenvalue weighted by Gasteiger charge is 2.49. The quantitative estimate of drug-likeness (QED) is 0.854. The average molecular weight is 314 g/mol. The van der Waals surface area contributed by atoms with Crippen LogP contribution in [-0.4, -0.2) is 28.4 Å². The van der Waals surface area contributed by atoms with Crippen molar-refractivity contribution in [2.75, 3.05) is 11.4 Å². The molecule has 0 aliphatic carbocycles. The molecule has 0 spiro atoms. The second-order valence-corrected chi connectivity index (χ2v) is 6.17. The Bertz CT molecular complexity index is 706. The molecule has 0 bridgehead atoms. The molecule has 2 aliphatic rings. The van der Waals surface area contributed by atoms with Crippen molar-refractivity contribution in [2.24, 2.45) is 0 Å². The second-order valence-electron chi connectivity index (χ2n) is 5.74. The summed E-state index contributed by atoms with van der Waals surface area (Å²) in [5.41, 5.74) is 1.95. The number of aromatic nitrogens is 1. The Morgan fingerprint density at radius 2 is 2.00 bits per heavy atom. The van der Waals surface area contributed by atoms with Crippen LogP contribution in [0.5, 0.6) is 0 Å². The molecule has 3 heterocycles. The molecule has 2 saturated heterocycles. The molecule has 4 nitrogen and oxygen atoms in total. The van der Waals surface area contributed by atoms with Crippen molar-refractivity contribution in [1.82, 2.24) is 9.88 Å². The standard InChI is InChI=1S/C17H16ClN3O/c18-13-3-1-4-14(11-13)21-16(12-6-8-19-9-7-12)20-10-2-5-15(20)17(21)22/h1,3-4,6-9,11,15-16H,2,5,10H2/t15-,16-/m1/s1. The summed E-state index contributed by atoms with van der Waals surface area (Å²) in [4.78, 5) is 21.2. The van der Waals surface area contributed by atoms with Crippen LogP contribution < -0.4 is 4.90 Å².